The van der Waals surface area contributed by atoms with Gasteiger partial charge in [0, 0.05) is 25.3 Å². The Morgan fingerprint density at radius 1 is 1.25 bits per heavy atom. The van der Waals surface area contributed by atoms with E-state index in [1.165, 1.54) is 38.8 Å². The molecule has 2 rings (SSSR count). The van der Waals surface area contributed by atoms with Crippen molar-refractivity contribution in [3.05, 3.63) is 0 Å². The third-order valence-electron chi connectivity index (χ3n) is 4.48. The van der Waals surface area contributed by atoms with E-state index in [0.29, 0.717) is 0 Å². The first-order valence-corrected chi connectivity index (χ1v) is 6.80. The average Bonchev–Trinajstić information content (AvgIpc) is 2.56. The molecule has 0 aliphatic carbocycles. The van der Waals surface area contributed by atoms with Crippen molar-refractivity contribution in [3.8, 4) is 0 Å². The van der Waals surface area contributed by atoms with Crippen LogP contribution in [0.2, 0.25) is 0 Å². The molecular formula is C13H26N2O. The number of hydrogen-bond acceptors (Lipinski definition) is 3. The number of rotatable bonds is 2. The third kappa shape index (κ3) is 2.58. The molecule has 2 aliphatic heterocycles. The third-order valence-corrected chi connectivity index (χ3v) is 4.48. The van der Waals surface area contributed by atoms with Gasteiger partial charge in [-0.3, -0.25) is 4.90 Å². The van der Waals surface area contributed by atoms with Gasteiger partial charge in [-0.15, -0.1) is 0 Å². The molecule has 0 aromatic rings. The monoisotopic (exact) mass is 226 g/mol. The molecule has 2 heterocycles. The quantitative estimate of drug-likeness (QED) is 0.777. The van der Waals surface area contributed by atoms with Crippen LogP contribution in [0.5, 0.6) is 0 Å². The van der Waals surface area contributed by atoms with Crippen LogP contribution in [-0.4, -0.2) is 43.3 Å². The zero-order valence-electron chi connectivity index (χ0n) is 10.6. The number of ether oxygens (including phenoxy) is 1. The molecule has 0 amide bonds. The summed E-state index contributed by atoms with van der Waals surface area (Å²) in [6, 6.07) is 0. The molecule has 0 saturated carbocycles. The van der Waals surface area contributed by atoms with Crippen molar-refractivity contribution in [2.24, 2.45) is 11.7 Å². The van der Waals surface area contributed by atoms with Crippen LogP contribution < -0.4 is 5.73 Å². The Bertz CT molecular complexity index is 204. The van der Waals surface area contributed by atoms with E-state index >= 15 is 0 Å². The normalized spacial score (nSPS) is 34.9. The van der Waals surface area contributed by atoms with Gasteiger partial charge in [0.15, 0.2) is 0 Å². The molecule has 3 heteroatoms. The summed E-state index contributed by atoms with van der Waals surface area (Å²) in [6.07, 6.45) is 6.18. The van der Waals surface area contributed by atoms with Gasteiger partial charge in [0.05, 0.1) is 0 Å². The van der Waals surface area contributed by atoms with Crippen molar-refractivity contribution in [1.29, 1.82) is 0 Å². The Hall–Kier alpha value is -0.120. The van der Waals surface area contributed by atoms with E-state index in [0.717, 1.165) is 32.1 Å². The lowest BCUT2D eigenvalue weighted by molar-refractivity contribution is 0.0393. The first-order chi connectivity index (χ1) is 7.77. The van der Waals surface area contributed by atoms with Crippen LogP contribution in [0.15, 0.2) is 0 Å². The van der Waals surface area contributed by atoms with Crippen molar-refractivity contribution in [3.63, 3.8) is 0 Å². The standard InChI is InChI=1S/C13H26N2O/c1-12-3-7-15(8-4-12)13(11-14)5-2-9-16-10-6-13/h12H,2-11,14H2,1H3. The molecule has 0 aromatic heterocycles. The molecule has 2 fully saturated rings. The van der Waals surface area contributed by atoms with E-state index in [1.54, 1.807) is 0 Å². The van der Waals surface area contributed by atoms with Gasteiger partial charge in [-0.25, -0.2) is 0 Å². The predicted octanol–water partition coefficient (Wildman–Crippen LogP) is 1.62. The second-order valence-corrected chi connectivity index (χ2v) is 5.56. The Labute approximate surface area is 99.3 Å². The van der Waals surface area contributed by atoms with E-state index in [2.05, 4.69) is 11.8 Å². The second-order valence-electron chi connectivity index (χ2n) is 5.56. The van der Waals surface area contributed by atoms with Gasteiger partial charge in [0.1, 0.15) is 0 Å². The van der Waals surface area contributed by atoms with Gasteiger partial charge >= 0.3 is 0 Å². The predicted molar refractivity (Wildman–Crippen MR) is 66.4 cm³/mol. The van der Waals surface area contributed by atoms with Crippen LogP contribution in [0.4, 0.5) is 0 Å². The van der Waals surface area contributed by atoms with Crippen LogP contribution in [0.1, 0.15) is 39.0 Å². The molecule has 0 spiro atoms. The van der Waals surface area contributed by atoms with E-state index in [9.17, 15) is 0 Å². The molecular weight excluding hydrogens is 200 g/mol. The minimum atomic E-state index is 0.247. The summed E-state index contributed by atoms with van der Waals surface area (Å²) in [4.78, 5) is 2.65. The number of nitrogens with two attached hydrogens (primary N) is 1. The van der Waals surface area contributed by atoms with Gasteiger partial charge < -0.3 is 10.5 Å². The first kappa shape index (κ1) is 12.3. The Morgan fingerprint density at radius 3 is 2.69 bits per heavy atom. The summed E-state index contributed by atoms with van der Waals surface area (Å²) in [5, 5.41) is 0. The minimum Gasteiger partial charge on any atom is -0.381 e. The summed E-state index contributed by atoms with van der Waals surface area (Å²) in [7, 11) is 0. The lowest BCUT2D eigenvalue weighted by atomic mass is 9.85. The Morgan fingerprint density at radius 2 is 2.00 bits per heavy atom. The second kappa shape index (κ2) is 5.48. The fraction of sp³-hybridized carbons (Fsp3) is 1.00. The van der Waals surface area contributed by atoms with Crippen LogP contribution in [0, 0.1) is 5.92 Å². The minimum absolute atomic E-state index is 0.247. The summed E-state index contributed by atoms with van der Waals surface area (Å²) >= 11 is 0. The number of likely N-dealkylation sites (tertiary alicyclic amines) is 1. The van der Waals surface area contributed by atoms with Crippen molar-refractivity contribution < 1.29 is 4.74 Å². The maximum atomic E-state index is 6.08. The SMILES string of the molecule is CC1CCN(C2(CN)CCCOCC2)CC1. The maximum absolute atomic E-state index is 6.08. The first-order valence-electron chi connectivity index (χ1n) is 6.80. The molecule has 2 saturated heterocycles. The molecule has 94 valence electrons. The van der Waals surface area contributed by atoms with Crippen molar-refractivity contribution in [2.45, 2.75) is 44.6 Å². The van der Waals surface area contributed by atoms with Gasteiger partial charge in [0.2, 0.25) is 0 Å². The van der Waals surface area contributed by atoms with Crippen LogP contribution in [-0.2, 0) is 4.74 Å². The molecule has 1 atom stereocenters. The van der Waals surface area contributed by atoms with Crippen molar-refractivity contribution in [1.82, 2.24) is 4.90 Å². The number of hydrogen-bond donors (Lipinski definition) is 1. The van der Waals surface area contributed by atoms with Gasteiger partial charge in [-0.1, -0.05) is 6.92 Å². The Balaban J connectivity index is 2.01. The lowest BCUT2D eigenvalue weighted by Gasteiger charge is -2.46. The van der Waals surface area contributed by atoms with Gasteiger partial charge in [-0.05, 0) is 51.1 Å². The topological polar surface area (TPSA) is 38.5 Å². The highest BCUT2D eigenvalue weighted by Crippen LogP contribution is 2.31. The molecule has 2 N–H and O–H groups in total. The smallest absolute Gasteiger partial charge is 0.0484 e. The van der Waals surface area contributed by atoms with Crippen LogP contribution in [0.3, 0.4) is 0 Å². The molecule has 3 nitrogen and oxygen atoms in total. The largest absolute Gasteiger partial charge is 0.381 e. The van der Waals surface area contributed by atoms with E-state index in [-0.39, 0.29) is 5.54 Å². The zero-order chi connectivity index (χ0) is 11.4. The summed E-state index contributed by atoms with van der Waals surface area (Å²) in [5.74, 6) is 0.896. The molecule has 0 aromatic carbocycles. The summed E-state index contributed by atoms with van der Waals surface area (Å²) in [6.45, 7) is 7.44. The fourth-order valence-corrected chi connectivity index (χ4v) is 3.12. The maximum Gasteiger partial charge on any atom is 0.0484 e. The van der Waals surface area contributed by atoms with E-state index in [1.807, 2.05) is 0 Å². The zero-order valence-corrected chi connectivity index (χ0v) is 10.6. The summed E-state index contributed by atoms with van der Waals surface area (Å²) in [5.41, 5.74) is 6.32. The molecule has 16 heavy (non-hydrogen) atoms. The van der Waals surface area contributed by atoms with E-state index < -0.39 is 0 Å². The fourth-order valence-electron chi connectivity index (χ4n) is 3.12. The van der Waals surface area contributed by atoms with Crippen LogP contribution >= 0.6 is 0 Å². The molecule has 2 aliphatic rings. The van der Waals surface area contributed by atoms with Crippen LogP contribution in [0.25, 0.3) is 0 Å². The van der Waals surface area contributed by atoms with Gasteiger partial charge in [0.25, 0.3) is 0 Å². The lowest BCUT2D eigenvalue weighted by Crippen LogP contribution is -2.56. The Kier molecular flexibility index (Phi) is 4.22. The molecule has 1 unspecified atom stereocenters. The van der Waals surface area contributed by atoms with Crippen molar-refractivity contribution >= 4 is 0 Å². The molecule has 0 bridgehead atoms. The summed E-state index contributed by atoms with van der Waals surface area (Å²) < 4.78 is 5.58. The average molecular weight is 226 g/mol. The highest BCUT2D eigenvalue weighted by molar-refractivity contribution is 4.94. The van der Waals surface area contributed by atoms with Gasteiger partial charge in [-0.2, -0.15) is 0 Å². The molecule has 0 radical (unpaired) electrons. The van der Waals surface area contributed by atoms with E-state index in [4.69, 9.17) is 10.5 Å². The highest BCUT2D eigenvalue weighted by atomic mass is 16.5. The highest BCUT2D eigenvalue weighted by Gasteiger charge is 2.37. The number of nitrogens with zero attached hydrogens (tertiary/aromatic N) is 1. The number of piperidine rings is 1. The van der Waals surface area contributed by atoms with Crippen molar-refractivity contribution in [2.75, 3.05) is 32.8 Å².